The van der Waals surface area contributed by atoms with E-state index in [-0.39, 0.29) is 23.1 Å². The molecule has 11 heteroatoms. The van der Waals surface area contributed by atoms with Gasteiger partial charge in [-0.05, 0) is 22.6 Å². The van der Waals surface area contributed by atoms with Gasteiger partial charge in [0, 0.05) is 30.5 Å². The molecule has 0 saturated carbocycles. The summed E-state index contributed by atoms with van der Waals surface area (Å²) >= 11 is 11.6. The van der Waals surface area contributed by atoms with Crippen molar-refractivity contribution in [3.63, 3.8) is 0 Å². The lowest BCUT2D eigenvalue weighted by atomic mass is 10.2. The van der Waals surface area contributed by atoms with Crippen LogP contribution in [0.25, 0.3) is 0 Å². The van der Waals surface area contributed by atoms with Gasteiger partial charge >= 0.3 is 5.95 Å². The number of aromatic nitrogens is 2. The summed E-state index contributed by atoms with van der Waals surface area (Å²) in [4.78, 5) is 15.8. The van der Waals surface area contributed by atoms with E-state index in [1.54, 1.807) is 12.1 Å². The minimum Gasteiger partial charge on any atom is -0.390 e. The van der Waals surface area contributed by atoms with Crippen molar-refractivity contribution in [2.45, 2.75) is 11.5 Å². The quantitative estimate of drug-likeness (QED) is 0.323. The molecule has 0 radical (unpaired) electrons. The molecule has 148 valence electrons. The van der Waals surface area contributed by atoms with Crippen molar-refractivity contribution in [1.82, 2.24) is 9.55 Å². The summed E-state index contributed by atoms with van der Waals surface area (Å²) in [5.41, 5.74) is 1.82. The van der Waals surface area contributed by atoms with Gasteiger partial charge in [0.2, 0.25) is 0 Å². The molecule has 0 amide bonds. The van der Waals surface area contributed by atoms with Crippen molar-refractivity contribution in [2.75, 3.05) is 29.7 Å². The molecule has 0 aliphatic carbocycles. The van der Waals surface area contributed by atoms with Gasteiger partial charge in [-0.15, -0.1) is 23.2 Å². The standard InChI is InChI=1S/C16H20Cl2N4O4S/c1-20-15(10-19-16(20)22(23)24)12-27(25,26)11-13-2-4-14(5-3-13)21(8-6-17)9-7-18/h2-5,10H,6-9,11-12H2,1H3. The molecule has 0 atom stereocenters. The van der Waals surface area contributed by atoms with Crippen molar-refractivity contribution in [2.24, 2.45) is 7.05 Å². The number of hydrogen-bond acceptors (Lipinski definition) is 6. The Hall–Kier alpha value is -1.84. The van der Waals surface area contributed by atoms with Crippen LogP contribution in [0, 0.1) is 10.1 Å². The molecule has 0 fully saturated rings. The van der Waals surface area contributed by atoms with Gasteiger partial charge in [0.15, 0.2) is 9.84 Å². The molecule has 0 aliphatic heterocycles. The molecule has 2 rings (SSSR count). The fourth-order valence-corrected chi connectivity index (χ4v) is 4.57. The molecule has 1 heterocycles. The van der Waals surface area contributed by atoms with Crippen molar-refractivity contribution in [1.29, 1.82) is 0 Å². The van der Waals surface area contributed by atoms with Crippen LogP contribution in [0.3, 0.4) is 0 Å². The van der Waals surface area contributed by atoms with E-state index in [2.05, 4.69) is 4.98 Å². The molecule has 27 heavy (non-hydrogen) atoms. The monoisotopic (exact) mass is 434 g/mol. The number of halogens is 2. The topological polar surface area (TPSA) is 98.3 Å². The number of nitrogens with zero attached hydrogens (tertiary/aromatic N) is 4. The summed E-state index contributed by atoms with van der Waals surface area (Å²) in [5, 5.41) is 10.8. The zero-order valence-electron chi connectivity index (χ0n) is 14.7. The summed E-state index contributed by atoms with van der Waals surface area (Å²) < 4.78 is 26.1. The van der Waals surface area contributed by atoms with Crippen LogP contribution < -0.4 is 4.90 Å². The lowest BCUT2D eigenvalue weighted by molar-refractivity contribution is -0.396. The molecule has 8 nitrogen and oxygen atoms in total. The first kappa shape index (κ1) is 21.5. The number of sulfone groups is 1. The molecule has 0 N–H and O–H groups in total. The highest BCUT2D eigenvalue weighted by Gasteiger charge is 2.23. The highest BCUT2D eigenvalue weighted by atomic mass is 35.5. The first-order valence-corrected chi connectivity index (χ1v) is 11.0. The van der Waals surface area contributed by atoms with E-state index in [0.29, 0.717) is 30.4 Å². The van der Waals surface area contributed by atoms with Crippen LogP contribution in [0.1, 0.15) is 11.3 Å². The molecule has 0 bridgehead atoms. The zero-order chi connectivity index (χ0) is 20.0. The summed E-state index contributed by atoms with van der Waals surface area (Å²) in [5.74, 6) is 0.0463. The summed E-state index contributed by atoms with van der Waals surface area (Å²) in [7, 11) is -2.09. The number of alkyl halides is 2. The maximum Gasteiger partial charge on any atom is 0.434 e. The third-order valence-corrected chi connectivity index (χ3v) is 5.83. The Labute approximate surface area is 167 Å². The molecular weight excluding hydrogens is 415 g/mol. The fourth-order valence-electron chi connectivity index (χ4n) is 2.64. The molecular formula is C16H20Cl2N4O4S. The zero-order valence-corrected chi connectivity index (χ0v) is 17.0. The number of rotatable bonds is 10. The minimum atomic E-state index is -3.52. The maximum absolute atomic E-state index is 12.5. The van der Waals surface area contributed by atoms with Crippen molar-refractivity contribution < 1.29 is 13.3 Å². The average molecular weight is 435 g/mol. The van der Waals surface area contributed by atoms with E-state index in [4.69, 9.17) is 23.2 Å². The van der Waals surface area contributed by atoms with Crippen LogP contribution in [-0.4, -0.2) is 47.7 Å². The van der Waals surface area contributed by atoms with Gasteiger partial charge in [0.25, 0.3) is 0 Å². The molecule has 0 aliphatic rings. The highest BCUT2D eigenvalue weighted by Crippen LogP contribution is 2.19. The number of anilines is 1. The predicted molar refractivity (Wildman–Crippen MR) is 106 cm³/mol. The molecule has 1 aromatic heterocycles. The van der Waals surface area contributed by atoms with Gasteiger partial charge in [0.05, 0.1) is 12.8 Å². The van der Waals surface area contributed by atoms with E-state index in [9.17, 15) is 18.5 Å². The van der Waals surface area contributed by atoms with Crippen LogP contribution >= 0.6 is 23.2 Å². The van der Waals surface area contributed by atoms with Gasteiger partial charge in [0.1, 0.15) is 17.6 Å². The van der Waals surface area contributed by atoms with Crippen molar-refractivity contribution in [3.8, 4) is 0 Å². The van der Waals surface area contributed by atoms with E-state index >= 15 is 0 Å². The van der Waals surface area contributed by atoms with E-state index < -0.39 is 14.8 Å². The summed E-state index contributed by atoms with van der Waals surface area (Å²) in [6, 6.07) is 7.15. The minimum absolute atomic E-state index is 0.169. The third-order valence-electron chi connectivity index (χ3n) is 3.99. The molecule has 0 saturated heterocycles. The van der Waals surface area contributed by atoms with E-state index in [1.807, 2.05) is 17.0 Å². The van der Waals surface area contributed by atoms with Crippen molar-refractivity contribution in [3.05, 3.63) is 51.8 Å². The van der Waals surface area contributed by atoms with Crippen molar-refractivity contribution >= 4 is 44.7 Å². The second-order valence-electron chi connectivity index (χ2n) is 5.93. The highest BCUT2D eigenvalue weighted by molar-refractivity contribution is 7.89. The summed E-state index contributed by atoms with van der Waals surface area (Å²) in [6.07, 6.45) is 1.22. The number of benzene rings is 1. The first-order valence-electron chi connectivity index (χ1n) is 8.08. The van der Waals surface area contributed by atoms with Crippen LogP contribution in [0.5, 0.6) is 0 Å². The Balaban J connectivity index is 2.10. The van der Waals surface area contributed by atoms with Gasteiger partial charge in [-0.1, -0.05) is 17.1 Å². The SMILES string of the molecule is Cn1c(CS(=O)(=O)Cc2ccc(N(CCCl)CCCl)cc2)cnc1[N+](=O)[O-]. The first-order chi connectivity index (χ1) is 12.8. The Kier molecular flexibility index (Phi) is 7.46. The van der Waals surface area contributed by atoms with Gasteiger partial charge in [-0.25, -0.2) is 13.0 Å². The Morgan fingerprint density at radius 2 is 1.74 bits per heavy atom. The lowest BCUT2D eigenvalue weighted by Gasteiger charge is -2.23. The Morgan fingerprint density at radius 1 is 1.15 bits per heavy atom. The Morgan fingerprint density at radius 3 is 2.22 bits per heavy atom. The van der Waals surface area contributed by atoms with Crippen LogP contribution in [0.15, 0.2) is 30.5 Å². The number of hydrogen-bond donors (Lipinski definition) is 0. The molecule has 2 aromatic rings. The Bertz CT molecular complexity index is 878. The maximum atomic E-state index is 12.5. The van der Waals surface area contributed by atoms with Gasteiger partial charge in [-0.3, -0.25) is 0 Å². The van der Waals surface area contributed by atoms with Crippen LogP contribution in [0.2, 0.25) is 0 Å². The second kappa shape index (κ2) is 9.38. The smallest absolute Gasteiger partial charge is 0.390 e. The number of nitro groups is 1. The lowest BCUT2D eigenvalue weighted by Crippen LogP contribution is -2.27. The van der Waals surface area contributed by atoms with Gasteiger partial charge in [-0.2, -0.15) is 0 Å². The number of imidazole rings is 1. The van der Waals surface area contributed by atoms with Crippen LogP contribution in [0.4, 0.5) is 11.6 Å². The third kappa shape index (κ3) is 5.82. The van der Waals surface area contributed by atoms with Gasteiger partial charge < -0.3 is 15.0 Å². The van der Waals surface area contributed by atoms with E-state index in [1.165, 1.54) is 17.8 Å². The largest absolute Gasteiger partial charge is 0.434 e. The summed E-state index contributed by atoms with van der Waals surface area (Å²) in [6.45, 7) is 1.29. The predicted octanol–water partition coefficient (Wildman–Crippen LogP) is 2.73. The fraction of sp³-hybridized carbons (Fsp3) is 0.438. The molecule has 0 spiro atoms. The van der Waals surface area contributed by atoms with E-state index in [0.717, 1.165) is 5.69 Å². The molecule has 1 aromatic carbocycles. The average Bonchev–Trinajstić information content (AvgIpc) is 2.95. The second-order valence-corrected chi connectivity index (χ2v) is 8.75. The van der Waals surface area contributed by atoms with Crippen LogP contribution in [-0.2, 0) is 28.4 Å². The molecule has 0 unspecified atom stereocenters. The normalized spacial score (nSPS) is 11.5.